The minimum absolute atomic E-state index is 0.0860. The molecule has 2 aromatic carbocycles. The minimum atomic E-state index is -0.773. The van der Waals surface area contributed by atoms with Crippen molar-refractivity contribution in [3.05, 3.63) is 81.6 Å². The van der Waals surface area contributed by atoms with Crippen LogP contribution in [0.5, 0.6) is 0 Å². The topological polar surface area (TPSA) is 81.1 Å². The number of hydrogen-bond donors (Lipinski definition) is 1. The molecule has 154 valence electrons. The van der Waals surface area contributed by atoms with E-state index in [-0.39, 0.29) is 17.2 Å². The van der Waals surface area contributed by atoms with Gasteiger partial charge in [-0.05, 0) is 62.6 Å². The number of aryl methyl sites for hydroxylation is 2. The van der Waals surface area contributed by atoms with Crippen molar-refractivity contribution < 1.29 is 9.59 Å². The lowest BCUT2D eigenvalue weighted by molar-refractivity contribution is -0.119. The molecule has 0 unspecified atom stereocenters. The highest BCUT2D eigenvalue weighted by molar-refractivity contribution is 5.98. The van der Waals surface area contributed by atoms with E-state index in [0.29, 0.717) is 23.4 Å². The van der Waals surface area contributed by atoms with Gasteiger partial charge in [0.05, 0.1) is 5.69 Å². The number of carbonyl (C=O) groups is 2. The lowest BCUT2D eigenvalue weighted by atomic mass is 10.0. The summed E-state index contributed by atoms with van der Waals surface area (Å²) >= 11 is 0. The van der Waals surface area contributed by atoms with E-state index in [1.54, 1.807) is 30.3 Å². The van der Waals surface area contributed by atoms with Crippen molar-refractivity contribution in [1.29, 1.82) is 0 Å². The van der Waals surface area contributed by atoms with Crippen LogP contribution in [0.2, 0.25) is 0 Å². The zero-order valence-electron chi connectivity index (χ0n) is 17.6. The van der Waals surface area contributed by atoms with Gasteiger partial charge in [-0.15, -0.1) is 0 Å². The molecule has 1 amide bonds. The molecule has 1 atom stereocenters. The molecule has 30 heavy (non-hydrogen) atoms. The fourth-order valence-electron chi connectivity index (χ4n) is 3.21. The normalized spacial score (nSPS) is 11.7. The molecule has 6 nitrogen and oxygen atoms in total. The number of carbonyl (C=O) groups excluding carboxylic acids is 2. The lowest BCUT2D eigenvalue weighted by Gasteiger charge is -2.18. The SMILES string of the molecule is CC[C@@H](C(=O)Nc1cccc(C(C)=O)c1)n1nc(-c2ccc(C)c(C)c2)ccc1=O. The second-order valence-electron chi connectivity index (χ2n) is 7.35. The third-order valence-electron chi connectivity index (χ3n) is 5.15. The summed E-state index contributed by atoms with van der Waals surface area (Å²) in [6.45, 7) is 7.35. The number of benzene rings is 2. The van der Waals surface area contributed by atoms with Gasteiger partial charge in [-0.25, -0.2) is 4.68 Å². The van der Waals surface area contributed by atoms with Gasteiger partial charge >= 0.3 is 0 Å². The Kier molecular flexibility index (Phi) is 6.26. The van der Waals surface area contributed by atoms with Crippen molar-refractivity contribution in [2.24, 2.45) is 0 Å². The molecule has 1 aromatic heterocycles. The van der Waals surface area contributed by atoms with Gasteiger partial charge in [-0.1, -0.05) is 31.2 Å². The zero-order valence-corrected chi connectivity index (χ0v) is 17.6. The quantitative estimate of drug-likeness (QED) is 0.622. The van der Waals surface area contributed by atoms with E-state index >= 15 is 0 Å². The number of Topliss-reactive ketones (excluding diaryl/α,β-unsaturated/α-hetero) is 1. The summed E-state index contributed by atoms with van der Waals surface area (Å²) in [6.07, 6.45) is 0.390. The highest BCUT2D eigenvalue weighted by Gasteiger charge is 2.22. The van der Waals surface area contributed by atoms with Crippen molar-refractivity contribution in [1.82, 2.24) is 9.78 Å². The average Bonchev–Trinajstić information content (AvgIpc) is 2.72. The molecule has 0 aliphatic rings. The zero-order chi connectivity index (χ0) is 21.8. The Balaban J connectivity index is 1.93. The summed E-state index contributed by atoms with van der Waals surface area (Å²) in [5.74, 6) is -0.442. The number of aromatic nitrogens is 2. The van der Waals surface area contributed by atoms with E-state index in [1.165, 1.54) is 23.2 Å². The summed E-state index contributed by atoms with van der Waals surface area (Å²) in [7, 11) is 0. The van der Waals surface area contributed by atoms with Crippen LogP contribution in [0.4, 0.5) is 5.69 Å². The maximum atomic E-state index is 12.9. The van der Waals surface area contributed by atoms with E-state index in [2.05, 4.69) is 10.4 Å². The average molecular weight is 403 g/mol. The van der Waals surface area contributed by atoms with Gasteiger partial charge in [0.2, 0.25) is 5.91 Å². The maximum Gasteiger partial charge on any atom is 0.267 e. The second-order valence-corrected chi connectivity index (χ2v) is 7.35. The number of ketones is 1. The first kappa shape index (κ1) is 21.2. The molecule has 0 radical (unpaired) electrons. The van der Waals surface area contributed by atoms with Crippen LogP contribution >= 0.6 is 0 Å². The van der Waals surface area contributed by atoms with Crippen LogP contribution in [-0.2, 0) is 4.79 Å². The smallest absolute Gasteiger partial charge is 0.267 e. The summed E-state index contributed by atoms with van der Waals surface area (Å²) in [5, 5.41) is 7.28. The Bertz CT molecular complexity index is 1160. The van der Waals surface area contributed by atoms with Crippen LogP contribution in [0.15, 0.2) is 59.4 Å². The van der Waals surface area contributed by atoms with Crippen molar-refractivity contribution in [2.45, 2.75) is 40.2 Å². The monoisotopic (exact) mass is 403 g/mol. The van der Waals surface area contributed by atoms with E-state index in [0.717, 1.165) is 11.1 Å². The number of nitrogens with zero attached hydrogens (tertiary/aromatic N) is 2. The molecule has 0 fully saturated rings. The van der Waals surface area contributed by atoms with Gasteiger partial charge < -0.3 is 5.32 Å². The summed E-state index contributed by atoms with van der Waals surface area (Å²) in [4.78, 5) is 37.0. The van der Waals surface area contributed by atoms with Crippen LogP contribution in [0.1, 0.15) is 47.8 Å². The number of hydrogen-bond acceptors (Lipinski definition) is 4. The third-order valence-corrected chi connectivity index (χ3v) is 5.15. The van der Waals surface area contributed by atoms with Gasteiger partial charge in [0.1, 0.15) is 6.04 Å². The van der Waals surface area contributed by atoms with Crippen LogP contribution in [0.25, 0.3) is 11.3 Å². The molecular weight excluding hydrogens is 378 g/mol. The minimum Gasteiger partial charge on any atom is -0.324 e. The third kappa shape index (κ3) is 4.54. The lowest BCUT2D eigenvalue weighted by Crippen LogP contribution is -2.34. The number of anilines is 1. The molecule has 0 spiro atoms. The van der Waals surface area contributed by atoms with Crippen molar-refractivity contribution >= 4 is 17.4 Å². The van der Waals surface area contributed by atoms with Gasteiger partial charge in [0, 0.05) is 22.9 Å². The molecule has 1 heterocycles. The molecule has 1 N–H and O–H groups in total. The maximum absolute atomic E-state index is 12.9. The summed E-state index contributed by atoms with van der Waals surface area (Å²) < 4.78 is 1.23. The molecule has 6 heteroatoms. The Hall–Kier alpha value is -3.54. The van der Waals surface area contributed by atoms with Crippen molar-refractivity contribution in [3.63, 3.8) is 0 Å². The standard InChI is InChI=1S/C24H25N3O3/c1-5-22(24(30)25-20-8-6-7-18(14-20)17(4)28)27-23(29)12-11-21(26-27)19-10-9-15(2)16(3)13-19/h6-14,22H,5H2,1-4H3,(H,25,30)/t22-/m0/s1. The molecule has 0 saturated heterocycles. The number of rotatable bonds is 6. The Morgan fingerprint density at radius 3 is 2.47 bits per heavy atom. The van der Waals surface area contributed by atoms with Crippen LogP contribution in [0.3, 0.4) is 0 Å². The molecule has 0 bridgehead atoms. The fraction of sp³-hybridized carbons (Fsp3) is 0.250. The van der Waals surface area contributed by atoms with E-state index in [4.69, 9.17) is 0 Å². The highest BCUT2D eigenvalue weighted by atomic mass is 16.2. The molecule has 3 aromatic rings. The molecular formula is C24H25N3O3. The van der Waals surface area contributed by atoms with Crippen LogP contribution < -0.4 is 10.9 Å². The molecule has 0 saturated carbocycles. The highest BCUT2D eigenvalue weighted by Crippen LogP contribution is 2.21. The Morgan fingerprint density at radius 1 is 1.03 bits per heavy atom. The van der Waals surface area contributed by atoms with Gasteiger partial charge in [-0.2, -0.15) is 5.10 Å². The van der Waals surface area contributed by atoms with Crippen molar-refractivity contribution in [2.75, 3.05) is 5.32 Å². The van der Waals surface area contributed by atoms with Crippen LogP contribution in [-0.4, -0.2) is 21.5 Å². The molecule has 0 aliphatic carbocycles. The second kappa shape index (κ2) is 8.86. The fourth-order valence-corrected chi connectivity index (χ4v) is 3.21. The first-order valence-corrected chi connectivity index (χ1v) is 9.89. The predicted molar refractivity (Wildman–Crippen MR) is 118 cm³/mol. The number of amides is 1. The largest absolute Gasteiger partial charge is 0.324 e. The first-order valence-electron chi connectivity index (χ1n) is 9.89. The van der Waals surface area contributed by atoms with Gasteiger partial charge in [0.25, 0.3) is 5.56 Å². The van der Waals surface area contributed by atoms with E-state index < -0.39 is 6.04 Å². The molecule has 0 aliphatic heterocycles. The predicted octanol–water partition coefficient (Wildman–Crippen LogP) is 4.32. The van der Waals surface area contributed by atoms with Gasteiger partial charge in [-0.3, -0.25) is 14.4 Å². The Labute approximate surface area is 175 Å². The summed E-state index contributed by atoms with van der Waals surface area (Å²) in [5.41, 5.74) is 4.48. The first-order chi connectivity index (χ1) is 14.3. The van der Waals surface area contributed by atoms with E-state index in [9.17, 15) is 14.4 Å². The molecule has 3 rings (SSSR count). The van der Waals surface area contributed by atoms with Crippen molar-refractivity contribution in [3.8, 4) is 11.3 Å². The number of nitrogens with one attached hydrogen (secondary N) is 1. The summed E-state index contributed by atoms with van der Waals surface area (Å²) in [6, 6.07) is 15.0. The van der Waals surface area contributed by atoms with E-state index in [1.807, 2.05) is 39.0 Å². The Morgan fingerprint density at radius 2 is 1.80 bits per heavy atom. The van der Waals surface area contributed by atoms with Gasteiger partial charge in [0.15, 0.2) is 5.78 Å². The van der Waals surface area contributed by atoms with Crippen LogP contribution in [0, 0.1) is 13.8 Å².